The molecule has 0 aliphatic carbocycles. The SMILES string of the molecule is CC(C)NC(=O)c1cccc(-c2ccc(CN(C)CCOc3ncc([N+](=O)[O-])[nH]3)cc2)c1. The Morgan fingerprint density at radius 1 is 1.22 bits per heavy atom. The van der Waals surface area contributed by atoms with Gasteiger partial charge in [-0.15, -0.1) is 0 Å². The molecular weight excluding hydrogens is 410 g/mol. The number of carbonyl (C=O) groups is 1. The molecule has 0 unspecified atom stereocenters. The van der Waals surface area contributed by atoms with Crippen LogP contribution in [0.15, 0.2) is 54.7 Å². The van der Waals surface area contributed by atoms with Gasteiger partial charge in [-0.1, -0.05) is 36.4 Å². The van der Waals surface area contributed by atoms with E-state index in [9.17, 15) is 14.9 Å². The maximum Gasteiger partial charge on any atom is 0.388 e. The molecule has 0 aliphatic rings. The molecule has 3 rings (SSSR count). The molecule has 32 heavy (non-hydrogen) atoms. The summed E-state index contributed by atoms with van der Waals surface area (Å²) in [4.78, 5) is 30.8. The van der Waals surface area contributed by atoms with Crippen molar-refractivity contribution in [2.75, 3.05) is 20.2 Å². The van der Waals surface area contributed by atoms with Gasteiger partial charge >= 0.3 is 11.8 Å². The number of nitrogens with one attached hydrogen (secondary N) is 2. The first-order valence-corrected chi connectivity index (χ1v) is 10.3. The Morgan fingerprint density at radius 2 is 1.97 bits per heavy atom. The van der Waals surface area contributed by atoms with E-state index in [4.69, 9.17) is 4.74 Å². The number of rotatable bonds is 10. The van der Waals surface area contributed by atoms with Gasteiger partial charge in [0.2, 0.25) is 0 Å². The highest BCUT2D eigenvalue weighted by molar-refractivity contribution is 5.95. The lowest BCUT2D eigenvalue weighted by molar-refractivity contribution is -0.389. The summed E-state index contributed by atoms with van der Waals surface area (Å²) >= 11 is 0. The number of likely N-dealkylation sites (N-methyl/N-ethyl adjacent to an activating group) is 1. The molecule has 1 amide bonds. The van der Waals surface area contributed by atoms with Crippen LogP contribution in [0.2, 0.25) is 0 Å². The van der Waals surface area contributed by atoms with Gasteiger partial charge in [-0.05, 0) is 54.6 Å². The summed E-state index contributed by atoms with van der Waals surface area (Å²) in [5, 5.41) is 13.6. The monoisotopic (exact) mass is 437 g/mol. The van der Waals surface area contributed by atoms with Crippen molar-refractivity contribution >= 4 is 11.7 Å². The Balaban J connectivity index is 1.53. The normalized spacial score (nSPS) is 11.0. The first kappa shape index (κ1) is 23.0. The first-order chi connectivity index (χ1) is 15.3. The van der Waals surface area contributed by atoms with E-state index in [0.717, 1.165) is 29.4 Å². The third kappa shape index (κ3) is 6.39. The summed E-state index contributed by atoms with van der Waals surface area (Å²) < 4.78 is 5.43. The van der Waals surface area contributed by atoms with Crippen molar-refractivity contribution in [3.63, 3.8) is 0 Å². The summed E-state index contributed by atoms with van der Waals surface area (Å²) in [5.41, 5.74) is 3.81. The predicted octanol–water partition coefficient (Wildman–Crippen LogP) is 3.63. The van der Waals surface area contributed by atoms with Gasteiger partial charge in [-0.2, -0.15) is 9.97 Å². The van der Waals surface area contributed by atoms with Crippen molar-refractivity contribution < 1.29 is 14.5 Å². The average molecular weight is 438 g/mol. The summed E-state index contributed by atoms with van der Waals surface area (Å²) in [7, 11) is 1.97. The van der Waals surface area contributed by atoms with E-state index in [1.54, 1.807) is 0 Å². The molecule has 0 atom stereocenters. The molecule has 0 aliphatic heterocycles. The number of benzene rings is 2. The van der Waals surface area contributed by atoms with E-state index < -0.39 is 4.92 Å². The molecule has 1 heterocycles. The van der Waals surface area contributed by atoms with Gasteiger partial charge in [0.25, 0.3) is 5.91 Å². The van der Waals surface area contributed by atoms with Gasteiger partial charge < -0.3 is 20.2 Å². The maximum absolute atomic E-state index is 12.3. The number of H-pyrrole nitrogens is 1. The van der Waals surface area contributed by atoms with Crippen LogP contribution in [0, 0.1) is 10.1 Å². The third-order valence-corrected chi connectivity index (χ3v) is 4.73. The van der Waals surface area contributed by atoms with Crippen LogP contribution in [0.3, 0.4) is 0 Å². The number of aromatic nitrogens is 2. The minimum atomic E-state index is -0.549. The van der Waals surface area contributed by atoms with E-state index in [2.05, 4.69) is 32.3 Å². The van der Waals surface area contributed by atoms with E-state index in [1.165, 1.54) is 0 Å². The molecule has 2 N–H and O–H groups in total. The number of nitro groups is 1. The molecule has 1 aromatic heterocycles. The van der Waals surface area contributed by atoms with Gasteiger partial charge in [-0.25, -0.2) is 0 Å². The second kappa shape index (κ2) is 10.5. The second-order valence-electron chi connectivity index (χ2n) is 7.82. The van der Waals surface area contributed by atoms with Crippen LogP contribution in [-0.4, -0.2) is 51.9 Å². The third-order valence-electron chi connectivity index (χ3n) is 4.73. The van der Waals surface area contributed by atoms with Gasteiger partial charge in [0.05, 0.1) is 0 Å². The number of hydrogen-bond acceptors (Lipinski definition) is 6. The fourth-order valence-electron chi connectivity index (χ4n) is 3.14. The zero-order valence-electron chi connectivity index (χ0n) is 18.4. The minimum absolute atomic E-state index is 0.0773. The molecule has 0 saturated carbocycles. The van der Waals surface area contributed by atoms with Gasteiger partial charge in [-0.3, -0.25) is 9.69 Å². The lowest BCUT2D eigenvalue weighted by atomic mass is 10.0. The summed E-state index contributed by atoms with van der Waals surface area (Å²) in [6.45, 7) is 5.58. The van der Waals surface area contributed by atoms with Crippen LogP contribution in [0.25, 0.3) is 11.1 Å². The molecule has 0 saturated heterocycles. The van der Waals surface area contributed by atoms with Crippen LogP contribution in [0.1, 0.15) is 29.8 Å². The highest BCUT2D eigenvalue weighted by Gasteiger charge is 2.11. The van der Waals surface area contributed by atoms with Crippen LogP contribution in [0.5, 0.6) is 6.01 Å². The van der Waals surface area contributed by atoms with Gasteiger partial charge in [0.15, 0.2) is 0 Å². The van der Waals surface area contributed by atoms with Crippen LogP contribution in [-0.2, 0) is 6.54 Å². The molecule has 3 aromatic rings. The number of imidazole rings is 1. The standard InChI is InChI=1S/C23H27N5O4/c1-16(2)25-22(29)20-6-4-5-19(13-20)18-9-7-17(8-10-18)15-27(3)11-12-32-23-24-14-21(26-23)28(30)31/h4-10,13-14,16H,11-12,15H2,1-3H3,(H,24,26)(H,25,29). The van der Waals surface area contributed by atoms with Crippen molar-refractivity contribution in [3.8, 4) is 17.1 Å². The number of carbonyl (C=O) groups excluding carboxylic acids is 1. The molecule has 2 aromatic carbocycles. The largest absolute Gasteiger partial charge is 0.446 e. The van der Waals surface area contributed by atoms with Crippen LogP contribution in [0.4, 0.5) is 5.82 Å². The molecular formula is C23H27N5O4. The molecule has 9 heteroatoms. The zero-order valence-corrected chi connectivity index (χ0v) is 18.4. The Bertz CT molecular complexity index is 1060. The van der Waals surface area contributed by atoms with Crippen molar-refractivity contribution in [2.45, 2.75) is 26.4 Å². The van der Waals surface area contributed by atoms with Crippen molar-refractivity contribution in [3.05, 3.63) is 76.0 Å². The quantitative estimate of drug-likeness (QED) is 0.370. The van der Waals surface area contributed by atoms with Gasteiger partial charge in [0.1, 0.15) is 12.8 Å². The summed E-state index contributed by atoms with van der Waals surface area (Å²) in [6, 6.07) is 16.0. The van der Waals surface area contributed by atoms with Crippen molar-refractivity contribution in [1.82, 2.24) is 20.2 Å². The predicted molar refractivity (Wildman–Crippen MR) is 122 cm³/mol. The fraction of sp³-hybridized carbons (Fsp3) is 0.304. The van der Waals surface area contributed by atoms with Crippen LogP contribution < -0.4 is 10.1 Å². The molecule has 0 radical (unpaired) electrons. The fourth-order valence-corrected chi connectivity index (χ4v) is 3.14. The average Bonchev–Trinajstić information content (AvgIpc) is 3.23. The smallest absolute Gasteiger partial charge is 0.388 e. The number of amides is 1. The highest BCUT2D eigenvalue weighted by atomic mass is 16.6. The second-order valence-corrected chi connectivity index (χ2v) is 7.82. The Morgan fingerprint density at radius 3 is 2.62 bits per heavy atom. The summed E-state index contributed by atoms with van der Waals surface area (Å²) in [6.07, 6.45) is 1.13. The van der Waals surface area contributed by atoms with Crippen molar-refractivity contribution in [2.24, 2.45) is 0 Å². The summed E-state index contributed by atoms with van der Waals surface area (Å²) in [5.74, 6) is -0.272. The Kier molecular flexibility index (Phi) is 7.56. The number of ether oxygens (including phenoxy) is 1. The van der Waals surface area contributed by atoms with Gasteiger partial charge in [0, 0.05) is 24.7 Å². The molecule has 9 nitrogen and oxygen atoms in total. The Labute approximate surface area is 186 Å². The van der Waals surface area contributed by atoms with E-state index in [1.807, 2.05) is 57.3 Å². The molecule has 0 bridgehead atoms. The number of aromatic amines is 1. The van der Waals surface area contributed by atoms with E-state index in [0.29, 0.717) is 18.7 Å². The first-order valence-electron chi connectivity index (χ1n) is 10.3. The molecule has 0 spiro atoms. The molecule has 168 valence electrons. The topological polar surface area (TPSA) is 113 Å². The van der Waals surface area contributed by atoms with E-state index >= 15 is 0 Å². The minimum Gasteiger partial charge on any atom is -0.446 e. The number of hydrogen-bond donors (Lipinski definition) is 2. The maximum atomic E-state index is 12.3. The zero-order chi connectivity index (χ0) is 23.1. The van der Waals surface area contributed by atoms with Crippen molar-refractivity contribution in [1.29, 1.82) is 0 Å². The highest BCUT2D eigenvalue weighted by Crippen LogP contribution is 2.21. The lowest BCUT2D eigenvalue weighted by Gasteiger charge is -2.16. The lowest BCUT2D eigenvalue weighted by Crippen LogP contribution is -2.30. The van der Waals surface area contributed by atoms with Crippen LogP contribution >= 0.6 is 0 Å². The Hall–Kier alpha value is -3.72. The van der Waals surface area contributed by atoms with E-state index in [-0.39, 0.29) is 23.8 Å². The molecule has 0 fully saturated rings. The number of nitrogens with zero attached hydrogens (tertiary/aromatic N) is 3.